The first-order chi connectivity index (χ1) is 15.9. The van der Waals surface area contributed by atoms with E-state index in [4.69, 9.17) is 14.2 Å². The number of hydrogen-bond acceptors (Lipinski definition) is 3. The molecule has 1 heterocycles. The number of rotatable bonds is 25. The van der Waals surface area contributed by atoms with Crippen LogP contribution < -0.4 is 0 Å². The molecule has 3 nitrogen and oxygen atoms in total. The predicted octanol–water partition coefficient (Wildman–Crippen LogP) is 8.88. The maximum Gasteiger partial charge on any atom is 0.0813 e. The zero-order chi connectivity index (χ0) is 23.0. The Morgan fingerprint density at radius 2 is 0.938 bits per heavy atom. The molecular formula is C29H58O3. The van der Waals surface area contributed by atoms with Gasteiger partial charge in [-0.15, -0.1) is 0 Å². The lowest BCUT2D eigenvalue weighted by molar-refractivity contribution is 0.0141. The normalized spacial score (nSPS) is 18.6. The Labute approximate surface area is 201 Å². The topological polar surface area (TPSA) is 27.7 Å². The van der Waals surface area contributed by atoms with E-state index in [-0.39, 0.29) is 0 Å². The van der Waals surface area contributed by atoms with E-state index in [1.165, 1.54) is 122 Å². The van der Waals surface area contributed by atoms with Crippen molar-refractivity contribution in [3.63, 3.8) is 0 Å². The lowest BCUT2D eigenvalue weighted by Crippen LogP contribution is -2.15. The first-order valence-corrected chi connectivity index (χ1v) is 14.6. The van der Waals surface area contributed by atoms with Gasteiger partial charge in [0.15, 0.2) is 0 Å². The van der Waals surface area contributed by atoms with Gasteiger partial charge in [-0.3, -0.25) is 0 Å². The molecule has 192 valence electrons. The van der Waals surface area contributed by atoms with Gasteiger partial charge in [-0.2, -0.15) is 0 Å². The highest BCUT2D eigenvalue weighted by molar-refractivity contribution is 4.73. The van der Waals surface area contributed by atoms with Crippen molar-refractivity contribution < 1.29 is 14.2 Å². The zero-order valence-electron chi connectivity index (χ0n) is 22.1. The molecule has 0 amide bonds. The van der Waals surface area contributed by atoms with E-state index in [2.05, 4.69) is 13.8 Å². The molecule has 0 N–H and O–H groups in total. The zero-order valence-corrected chi connectivity index (χ0v) is 22.1. The molecule has 0 aromatic rings. The van der Waals surface area contributed by atoms with E-state index in [0.717, 1.165) is 39.5 Å². The summed E-state index contributed by atoms with van der Waals surface area (Å²) in [6, 6.07) is 0. The van der Waals surface area contributed by atoms with Crippen LogP contribution in [-0.4, -0.2) is 39.1 Å². The van der Waals surface area contributed by atoms with Gasteiger partial charge in [0, 0.05) is 19.1 Å². The average molecular weight is 455 g/mol. The van der Waals surface area contributed by atoms with Crippen molar-refractivity contribution in [2.24, 2.45) is 5.92 Å². The summed E-state index contributed by atoms with van der Waals surface area (Å²) >= 11 is 0. The maximum atomic E-state index is 5.88. The van der Waals surface area contributed by atoms with Gasteiger partial charge in [0.1, 0.15) is 0 Å². The van der Waals surface area contributed by atoms with Crippen molar-refractivity contribution in [1.29, 1.82) is 0 Å². The average Bonchev–Trinajstić information content (AvgIpc) is 3.25. The van der Waals surface area contributed by atoms with Crippen molar-refractivity contribution in [3.05, 3.63) is 0 Å². The highest BCUT2D eigenvalue weighted by Crippen LogP contribution is 2.20. The van der Waals surface area contributed by atoms with Crippen LogP contribution in [0.4, 0.5) is 0 Å². The molecule has 0 aliphatic carbocycles. The summed E-state index contributed by atoms with van der Waals surface area (Å²) in [5.74, 6) is 0.570. The smallest absolute Gasteiger partial charge is 0.0813 e. The second-order valence-corrected chi connectivity index (χ2v) is 10.2. The van der Waals surface area contributed by atoms with Crippen molar-refractivity contribution in [2.75, 3.05) is 33.0 Å². The van der Waals surface area contributed by atoms with E-state index in [1.807, 2.05) is 0 Å². The molecule has 32 heavy (non-hydrogen) atoms. The molecule has 1 rings (SSSR count). The SMILES string of the molecule is CCCCCCCCCCCCCCCCCCOCC1CC(COCCCCC)CO1. The van der Waals surface area contributed by atoms with Crippen LogP contribution in [0, 0.1) is 5.92 Å². The first-order valence-electron chi connectivity index (χ1n) is 14.6. The largest absolute Gasteiger partial charge is 0.381 e. The molecular weight excluding hydrogens is 396 g/mol. The third-order valence-corrected chi connectivity index (χ3v) is 6.86. The summed E-state index contributed by atoms with van der Waals surface area (Å²) in [7, 11) is 0. The summed E-state index contributed by atoms with van der Waals surface area (Å²) in [5.41, 5.74) is 0. The Morgan fingerprint density at radius 1 is 0.531 bits per heavy atom. The monoisotopic (exact) mass is 454 g/mol. The van der Waals surface area contributed by atoms with Crippen LogP contribution in [0.5, 0.6) is 0 Å². The Morgan fingerprint density at radius 3 is 1.47 bits per heavy atom. The molecule has 2 unspecified atom stereocenters. The highest BCUT2D eigenvalue weighted by Gasteiger charge is 2.25. The fraction of sp³-hybridized carbons (Fsp3) is 1.00. The van der Waals surface area contributed by atoms with Crippen LogP contribution in [0.25, 0.3) is 0 Å². The van der Waals surface area contributed by atoms with E-state index in [1.54, 1.807) is 0 Å². The fourth-order valence-electron chi connectivity index (χ4n) is 4.68. The van der Waals surface area contributed by atoms with Crippen molar-refractivity contribution in [3.8, 4) is 0 Å². The van der Waals surface area contributed by atoms with Crippen molar-refractivity contribution >= 4 is 0 Å². The molecule has 2 atom stereocenters. The lowest BCUT2D eigenvalue weighted by atomic mass is 10.0. The van der Waals surface area contributed by atoms with Gasteiger partial charge >= 0.3 is 0 Å². The molecule has 1 aliphatic heterocycles. The minimum atomic E-state index is 0.292. The molecule has 0 saturated carbocycles. The Hall–Kier alpha value is -0.120. The summed E-state index contributed by atoms with van der Waals surface area (Å²) in [6.45, 7) is 8.81. The quantitative estimate of drug-likeness (QED) is 0.129. The number of hydrogen-bond donors (Lipinski definition) is 0. The van der Waals surface area contributed by atoms with Gasteiger partial charge in [0.2, 0.25) is 0 Å². The predicted molar refractivity (Wildman–Crippen MR) is 139 cm³/mol. The molecule has 1 fully saturated rings. The molecule has 0 aromatic carbocycles. The van der Waals surface area contributed by atoms with Crippen LogP contribution >= 0.6 is 0 Å². The van der Waals surface area contributed by atoms with Crippen LogP contribution in [0.15, 0.2) is 0 Å². The van der Waals surface area contributed by atoms with Crippen LogP contribution in [-0.2, 0) is 14.2 Å². The standard InChI is InChI=1S/C29H58O3/c1-3-5-7-8-9-10-11-12-13-14-15-16-17-18-19-21-23-31-27-29-24-28(26-32-29)25-30-22-20-6-4-2/h28-29H,3-27H2,1-2H3. The van der Waals surface area contributed by atoms with Gasteiger partial charge in [-0.1, -0.05) is 123 Å². The maximum absolute atomic E-state index is 5.88. The van der Waals surface area contributed by atoms with Crippen molar-refractivity contribution in [2.45, 2.75) is 148 Å². The highest BCUT2D eigenvalue weighted by atomic mass is 16.5. The molecule has 0 aromatic heterocycles. The Bertz CT molecular complexity index is 360. The molecule has 0 radical (unpaired) electrons. The molecule has 1 aliphatic rings. The Kier molecular flexibility index (Phi) is 22.5. The first kappa shape index (κ1) is 29.9. The fourth-order valence-corrected chi connectivity index (χ4v) is 4.68. The second-order valence-electron chi connectivity index (χ2n) is 10.2. The summed E-state index contributed by atoms with van der Waals surface area (Å²) in [4.78, 5) is 0. The van der Waals surface area contributed by atoms with Gasteiger partial charge in [-0.05, 0) is 19.3 Å². The van der Waals surface area contributed by atoms with E-state index in [0.29, 0.717) is 12.0 Å². The third kappa shape index (κ3) is 19.4. The molecule has 1 saturated heterocycles. The third-order valence-electron chi connectivity index (χ3n) is 6.86. The molecule has 3 heteroatoms. The number of unbranched alkanes of at least 4 members (excludes halogenated alkanes) is 17. The Balaban J connectivity index is 1.72. The van der Waals surface area contributed by atoms with Crippen LogP contribution in [0.3, 0.4) is 0 Å². The number of ether oxygens (including phenoxy) is 3. The lowest BCUT2D eigenvalue weighted by Gasteiger charge is -2.11. The summed E-state index contributed by atoms with van der Waals surface area (Å²) < 4.78 is 17.5. The van der Waals surface area contributed by atoms with Gasteiger partial charge in [0.05, 0.1) is 25.9 Å². The van der Waals surface area contributed by atoms with Crippen LogP contribution in [0.2, 0.25) is 0 Å². The van der Waals surface area contributed by atoms with Crippen molar-refractivity contribution in [1.82, 2.24) is 0 Å². The van der Waals surface area contributed by atoms with Gasteiger partial charge in [0.25, 0.3) is 0 Å². The molecule has 0 spiro atoms. The second kappa shape index (κ2) is 24.0. The van der Waals surface area contributed by atoms with E-state index < -0.39 is 0 Å². The van der Waals surface area contributed by atoms with Gasteiger partial charge < -0.3 is 14.2 Å². The van der Waals surface area contributed by atoms with Crippen LogP contribution in [0.1, 0.15) is 142 Å². The molecule has 0 bridgehead atoms. The summed E-state index contributed by atoms with van der Waals surface area (Å²) in [5, 5.41) is 0. The summed E-state index contributed by atoms with van der Waals surface area (Å²) in [6.07, 6.45) is 27.7. The minimum Gasteiger partial charge on any atom is -0.381 e. The van der Waals surface area contributed by atoms with Gasteiger partial charge in [-0.25, -0.2) is 0 Å². The van der Waals surface area contributed by atoms with E-state index >= 15 is 0 Å². The van der Waals surface area contributed by atoms with E-state index in [9.17, 15) is 0 Å². The minimum absolute atomic E-state index is 0.292.